The second kappa shape index (κ2) is 7.19. The second-order valence-electron chi connectivity index (χ2n) is 4.87. The first-order valence-electron chi connectivity index (χ1n) is 6.66. The van der Waals surface area contributed by atoms with Gasteiger partial charge in [0.15, 0.2) is 0 Å². The number of benzene rings is 1. The monoisotopic (exact) mass is 303 g/mol. The first kappa shape index (κ1) is 15.5. The molecule has 0 aliphatic rings. The molecule has 1 N–H and O–H groups in total. The van der Waals surface area contributed by atoms with Gasteiger partial charge in [-0.2, -0.15) is 0 Å². The van der Waals surface area contributed by atoms with Gasteiger partial charge in [-0.05, 0) is 17.7 Å². The van der Waals surface area contributed by atoms with Crippen molar-refractivity contribution in [1.29, 1.82) is 0 Å². The van der Waals surface area contributed by atoms with Crippen LogP contribution >= 0.6 is 11.8 Å². The van der Waals surface area contributed by atoms with Crippen LogP contribution in [0.4, 0.5) is 5.69 Å². The Morgan fingerprint density at radius 3 is 2.67 bits per heavy atom. The van der Waals surface area contributed by atoms with Crippen LogP contribution < -0.4 is 5.32 Å². The van der Waals surface area contributed by atoms with E-state index in [4.69, 9.17) is 0 Å². The van der Waals surface area contributed by atoms with Gasteiger partial charge in [0, 0.05) is 24.8 Å². The van der Waals surface area contributed by atoms with Crippen molar-refractivity contribution in [3.05, 3.63) is 58.3 Å². The first-order valence-corrected chi connectivity index (χ1v) is 7.47. The fourth-order valence-electron chi connectivity index (χ4n) is 1.70. The number of aromatic nitrogens is 1. The molecule has 1 aromatic carbocycles. The van der Waals surface area contributed by atoms with Crippen molar-refractivity contribution in [1.82, 2.24) is 10.3 Å². The lowest BCUT2D eigenvalue weighted by Crippen LogP contribution is -2.21. The van der Waals surface area contributed by atoms with Crippen molar-refractivity contribution >= 4 is 17.4 Å². The molecule has 6 heteroatoms. The maximum Gasteiger partial charge on any atom is 0.283 e. The van der Waals surface area contributed by atoms with Crippen molar-refractivity contribution in [2.45, 2.75) is 36.4 Å². The number of para-hydroxylation sites is 1. The Labute approximate surface area is 127 Å². The van der Waals surface area contributed by atoms with Gasteiger partial charge in [-0.1, -0.05) is 43.8 Å². The summed E-state index contributed by atoms with van der Waals surface area (Å²) in [5.41, 5.74) is 1.20. The number of hydrogen-bond donors (Lipinski definition) is 1. The number of nitro benzene ring substituents is 1. The lowest BCUT2D eigenvalue weighted by Gasteiger charge is -2.08. The highest BCUT2D eigenvalue weighted by atomic mass is 32.2. The van der Waals surface area contributed by atoms with E-state index in [0.29, 0.717) is 10.9 Å². The number of pyridine rings is 1. The van der Waals surface area contributed by atoms with E-state index in [9.17, 15) is 10.1 Å². The highest BCUT2D eigenvalue weighted by Gasteiger charge is 2.13. The summed E-state index contributed by atoms with van der Waals surface area (Å²) in [5, 5.41) is 15.0. The van der Waals surface area contributed by atoms with E-state index in [-0.39, 0.29) is 10.6 Å². The molecule has 2 aromatic rings. The Balaban J connectivity index is 2.09. The van der Waals surface area contributed by atoms with Gasteiger partial charge in [0.2, 0.25) is 0 Å². The Bertz CT molecular complexity index is 615. The largest absolute Gasteiger partial charge is 0.310 e. The van der Waals surface area contributed by atoms with E-state index >= 15 is 0 Å². The maximum atomic E-state index is 11.0. The molecule has 0 amide bonds. The predicted octanol–water partition coefficient (Wildman–Crippen LogP) is 3.64. The number of nitrogens with zero attached hydrogens (tertiary/aromatic N) is 2. The molecule has 0 aliphatic heterocycles. The van der Waals surface area contributed by atoms with Gasteiger partial charge < -0.3 is 5.32 Å². The summed E-state index contributed by atoms with van der Waals surface area (Å²) in [4.78, 5) is 15.6. The van der Waals surface area contributed by atoms with Crippen LogP contribution in [-0.4, -0.2) is 15.9 Å². The number of rotatable bonds is 6. The topological polar surface area (TPSA) is 68.1 Å². The molecule has 2 rings (SSSR count). The van der Waals surface area contributed by atoms with Crippen LogP contribution in [0, 0.1) is 10.1 Å². The minimum atomic E-state index is -0.372. The zero-order valence-corrected chi connectivity index (χ0v) is 12.8. The third-order valence-corrected chi connectivity index (χ3v) is 3.80. The van der Waals surface area contributed by atoms with Gasteiger partial charge in [-0.15, -0.1) is 0 Å². The van der Waals surface area contributed by atoms with Crippen LogP contribution in [0.25, 0.3) is 0 Å². The highest BCUT2D eigenvalue weighted by molar-refractivity contribution is 7.99. The van der Waals surface area contributed by atoms with Crippen LogP contribution in [0.15, 0.2) is 52.5 Å². The molecule has 5 nitrogen and oxygen atoms in total. The summed E-state index contributed by atoms with van der Waals surface area (Å²) in [5.74, 6) is 0. The standard InChI is InChI=1S/C15H17N3O2S/c1-11(2)16-9-12-7-8-15(17-10-12)21-14-6-4-3-5-13(14)18(19)20/h3-8,10-11,16H,9H2,1-2H3. The van der Waals surface area contributed by atoms with Crippen molar-refractivity contribution < 1.29 is 4.92 Å². The Morgan fingerprint density at radius 2 is 2.05 bits per heavy atom. The summed E-state index contributed by atoms with van der Waals surface area (Å²) >= 11 is 1.30. The van der Waals surface area contributed by atoms with Crippen LogP contribution in [0.1, 0.15) is 19.4 Å². The van der Waals surface area contributed by atoms with E-state index in [1.165, 1.54) is 17.8 Å². The Morgan fingerprint density at radius 1 is 1.29 bits per heavy atom. The van der Waals surface area contributed by atoms with Gasteiger partial charge in [0.05, 0.1) is 9.82 Å². The van der Waals surface area contributed by atoms with Crippen LogP contribution in [0.2, 0.25) is 0 Å². The zero-order chi connectivity index (χ0) is 15.2. The maximum absolute atomic E-state index is 11.0. The lowest BCUT2D eigenvalue weighted by atomic mass is 10.2. The Hall–Kier alpha value is -1.92. The first-order chi connectivity index (χ1) is 10.1. The third-order valence-electron chi connectivity index (χ3n) is 2.79. The molecular formula is C15H17N3O2S. The molecule has 0 saturated carbocycles. The molecule has 21 heavy (non-hydrogen) atoms. The fourth-order valence-corrected chi connectivity index (χ4v) is 2.57. The van der Waals surface area contributed by atoms with Crippen molar-refractivity contribution in [2.75, 3.05) is 0 Å². The molecule has 1 aromatic heterocycles. The number of nitrogens with one attached hydrogen (secondary N) is 1. The smallest absolute Gasteiger partial charge is 0.283 e. The van der Waals surface area contributed by atoms with Gasteiger partial charge >= 0.3 is 0 Å². The average molecular weight is 303 g/mol. The Kier molecular flexibility index (Phi) is 5.30. The quantitative estimate of drug-likeness (QED) is 0.652. The molecular weight excluding hydrogens is 286 g/mol. The molecule has 0 radical (unpaired) electrons. The van der Waals surface area contributed by atoms with E-state index < -0.39 is 0 Å². The molecule has 0 spiro atoms. The third kappa shape index (κ3) is 4.54. The van der Waals surface area contributed by atoms with Crippen LogP contribution in [0.5, 0.6) is 0 Å². The molecule has 0 unspecified atom stereocenters. The molecule has 1 heterocycles. The van der Waals surface area contributed by atoms with Gasteiger partial charge in [0.25, 0.3) is 5.69 Å². The highest BCUT2D eigenvalue weighted by Crippen LogP contribution is 2.33. The summed E-state index contributed by atoms with van der Waals surface area (Å²) in [7, 11) is 0. The fraction of sp³-hybridized carbons (Fsp3) is 0.267. The average Bonchev–Trinajstić information content (AvgIpc) is 2.47. The summed E-state index contributed by atoms with van der Waals surface area (Å²) < 4.78 is 0. The molecule has 0 aliphatic carbocycles. The molecule has 110 valence electrons. The number of hydrogen-bond acceptors (Lipinski definition) is 5. The van der Waals surface area contributed by atoms with E-state index in [1.54, 1.807) is 24.4 Å². The van der Waals surface area contributed by atoms with E-state index in [2.05, 4.69) is 24.1 Å². The van der Waals surface area contributed by atoms with Gasteiger partial charge in [-0.25, -0.2) is 4.98 Å². The van der Waals surface area contributed by atoms with Crippen molar-refractivity contribution in [3.8, 4) is 0 Å². The minimum Gasteiger partial charge on any atom is -0.310 e. The molecule has 0 fully saturated rings. The summed E-state index contributed by atoms with van der Waals surface area (Å²) in [6.07, 6.45) is 1.80. The summed E-state index contributed by atoms with van der Waals surface area (Å²) in [6.45, 7) is 4.94. The van der Waals surface area contributed by atoms with E-state index in [0.717, 1.165) is 17.1 Å². The second-order valence-corrected chi connectivity index (χ2v) is 5.93. The predicted molar refractivity (Wildman–Crippen MR) is 83.4 cm³/mol. The summed E-state index contributed by atoms with van der Waals surface area (Å²) in [6, 6.07) is 11.0. The van der Waals surface area contributed by atoms with Crippen molar-refractivity contribution in [2.24, 2.45) is 0 Å². The van der Waals surface area contributed by atoms with Crippen LogP contribution in [0.3, 0.4) is 0 Å². The normalized spacial score (nSPS) is 10.8. The number of nitro groups is 1. The zero-order valence-electron chi connectivity index (χ0n) is 11.9. The molecule has 0 atom stereocenters. The van der Waals surface area contributed by atoms with Crippen LogP contribution in [-0.2, 0) is 6.54 Å². The minimum absolute atomic E-state index is 0.106. The van der Waals surface area contributed by atoms with Gasteiger partial charge in [-0.3, -0.25) is 10.1 Å². The molecule has 0 saturated heterocycles. The SMILES string of the molecule is CC(C)NCc1ccc(Sc2ccccc2[N+](=O)[O-])nc1. The van der Waals surface area contributed by atoms with Gasteiger partial charge in [0.1, 0.15) is 5.03 Å². The van der Waals surface area contributed by atoms with E-state index in [1.807, 2.05) is 12.1 Å². The van der Waals surface area contributed by atoms with Crippen molar-refractivity contribution in [3.63, 3.8) is 0 Å². The lowest BCUT2D eigenvalue weighted by molar-refractivity contribution is -0.387. The molecule has 0 bridgehead atoms.